The lowest BCUT2D eigenvalue weighted by molar-refractivity contribution is 0.242. The molecule has 1 aromatic rings. The zero-order valence-electron chi connectivity index (χ0n) is 13.8. The molecular formula is C18H29NO2. The number of hydrogen-bond acceptors (Lipinski definition) is 3. The van der Waals surface area contributed by atoms with Crippen molar-refractivity contribution in [2.24, 2.45) is 11.8 Å². The molecule has 21 heavy (non-hydrogen) atoms. The molecule has 3 unspecified atom stereocenters. The molecule has 1 aliphatic rings. The van der Waals surface area contributed by atoms with Crippen molar-refractivity contribution in [3.63, 3.8) is 0 Å². The van der Waals surface area contributed by atoms with Gasteiger partial charge in [0.25, 0.3) is 0 Å². The van der Waals surface area contributed by atoms with E-state index in [1.165, 1.54) is 24.8 Å². The van der Waals surface area contributed by atoms with Crippen LogP contribution in [0.1, 0.15) is 44.6 Å². The van der Waals surface area contributed by atoms with Crippen molar-refractivity contribution in [3.8, 4) is 11.5 Å². The van der Waals surface area contributed by atoms with E-state index in [2.05, 4.69) is 31.3 Å². The zero-order valence-corrected chi connectivity index (χ0v) is 13.8. The van der Waals surface area contributed by atoms with Crippen molar-refractivity contribution >= 4 is 0 Å². The lowest BCUT2D eigenvalue weighted by Crippen LogP contribution is -2.31. The Balaban J connectivity index is 2.22. The third kappa shape index (κ3) is 3.91. The van der Waals surface area contributed by atoms with Crippen LogP contribution in [0.3, 0.4) is 0 Å². The van der Waals surface area contributed by atoms with Gasteiger partial charge in [-0.2, -0.15) is 0 Å². The van der Waals surface area contributed by atoms with Gasteiger partial charge in [0.2, 0.25) is 0 Å². The van der Waals surface area contributed by atoms with Crippen molar-refractivity contribution < 1.29 is 9.47 Å². The maximum atomic E-state index is 5.47. The SMILES string of the molecule is CCNCC1CCC(C)CC1c1ccc(OC)c(OC)c1. The first-order chi connectivity index (χ1) is 10.2. The largest absolute Gasteiger partial charge is 0.493 e. The summed E-state index contributed by atoms with van der Waals surface area (Å²) >= 11 is 0. The first kappa shape index (κ1) is 16.2. The summed E-state index contributed by atoms with van der Waals surface area (Å²) < 4.78 is 10.8. The van der Waals surface area contributed by atoms with Gasteiger partial charge in [-0.15, -0.1) is 0 Å². The van der Waals surface area contributed by atoms with Crippen molar-refractivity contribution in [2.45, 2.75) is 39.0 Å². The molecule has 1 saturated carbocycles. The normalized spacial score (nSPS) is 25.6. The summed E-state index contributed by atoms with van der Waals surface area (Å²) in [5.41, 5.74) is 1.39. The molecule has 1 fully saturated rings. The fourth-order valence-corrected chi connectivity index (χ4v) is 3.51. The minimum atomic E-state index is 0.618. The summed E-state index contributed by atoms with van der Waals surface area (Å²) in [5, 5.41) is 3.53. The summed E-state index contributed by atoms with van der Waals surface area (Å²) in [4.78, 5) is 0. The van der Waals surface area contributed by atoms with Crippen LogP contribution in [0.15, 0.2) is 18.2 Å². The van der Waals surface area contributed by atoms with Crippen LogP contribution >= 0.6 is 0 Å². The third-order valence-corrected chi connectivity index (χ3v) is 4.75. The molecule has 0 aromatic heterocycles. The molecule has 0 bridgehead atoms. The van der Waals surface area contributed by atoms with Gasteiger partial charge in [-0.25, -0.2) is 0 Å². The van der Waals surface area contributed by atoms with Gasteiger partial charge in [-0.1, -0.05) is 26.3 Å². The van der Waals surface area contributed by atoms with Gasteiger partial charge in [-0.05, 0) is 61.4 Å². The summed E-state index contributed by atoms with van der Waals surface area (Å²) in [6.45, 7) is 6.71. The fraction of sp³-hybridized carbons (Fsp3) is 0.667. The predicted octanol–water partition coefficient (Wildman–Crippen LogP) is 3.83. The molecule has 3 atom stereocenters. The second-order valence-electron chi connectivity index (χ2n) is 6.21. The van der Waals surface area contributed by atoms with Crippen LogP contribution in [0.2, 0.25) is 0 Å². The molecular weight excluding hydrogens is 262 g/mol. The highest BCUT2D eigenvalue weighted by molar-refractivity contribution is 5.44. The Morgan fingerprint density at radius 3 is 2.57 bits per heavy atom. The highest BCUT2D eigenvalue weighted by atomic mass is 16.5. The van der Waals surface area contributed by atoms with Crippen LogP contribution < -0.4 is 14.8 Å². The zero-order chi connectivity index (χ0) is 15.2. The summed E-state index contributed by atoms with van der Waals surface area (Å²) in [7, 11) is 3.40. The number of methoxy groups -OCH3 is 2. The van der Waals surface area contributed by atoms with Crippen molar-refractivity contribution in [2.75, 3.05) is 27.3 Å². The van der Waals surface area contributed by atoms with E-state index in [4.69, 9.17) is 9.47 Å². The Labute approximate surface area is 129 Å². The average Bonchev–Trinajstić information content (AvgIpc) is 2.53. The highest BCUT2D eigenvalue weighted by Gasteiger charge is 2.30. The van der Waals surface area contributed by atoms with E-state index < -0.39 is 0 Å². The van der Waals surface area contributed by atoms with Gasteiger partial charge >= 0.3 is 0 Å². The number of rotatable bonds is 6. The van der Waals surface area contributed by atoms with E-state index in [1.54, 1.807) is 14.2 Å². The molecule has 0 amide bonds. The number of nitrogens with one attached hydrogen (secondary N) is 1. The first-order valence-electron chi connectivity index (χ1n) is 8.12. The molecule has 1 aliphatic carbocycles. The van der Waals surface area contributed by atoms with Crippen molar-refractivity contribution in [3.05, 3.63) is 23.8 Å². The number of hydrogen-bond donors (Lipinski definition) is 1. The molecule has 2 rings (SSSR count). The molecule has 0 saturated heterocycles. The van der Waals surface area contributed by atoms with Gasteiger partial charge in [0.1, 0.15) is 0 Å². The van der Waals surface area contributed by atoms with Crippen molar-refractivity contribution in [1.29, 1.82) is 0 Å². The van der Waals surface area contributed by atoms with E-state index in [0.29, 0.717) is 5.92 Å². The monoisotopic (exact) mass is 291 g/mol. The standard InChI is InChI=1S/C18H29NO2/c1-5-19-12-15-7-6-13(2)10-16(15)14-8-9-17(20-3)18(11-14)21-4/h8-9,11,13,15-16,19H,5-7,10,12H2,1-4H3. The van der Waals surface area contributed by atoms with Gasteiger partial charge < -0.3 is 14.8 Å². The Bertz CT molecular complexity index is 445. The minimum absolute atomic E-state index is 0.618. The second kappa shape index (κ2) is 7.69. The third-order valence-electron chi connectivity index (χ3n) is 4.75. The molecule has 0 radical (unpaired) electrons. The van der Waals surface area contributed by atoms with Gasteiger partial charge in [0.05, 0.1) is 14.2 Å². The van der Waals surface area contributed by atoms with E-state index in [0.717, 1.165) is 36.4 Å². The van der Waals surface area contributed by atoms with Crippen LogP contribution in [0.5, 0.6) is 11.5 Å². The molecule has 0 heterocycles. The van der Waals surface area contributed by atoms with E-state index >= 15 is 0 Å². The number of ether oxygens (including phenoxy) is 2. The Hall–Kier alpha value is -1.22. The molecule has 1 aromatic carbocycles. The second-order valence-corrected chi connectivity index (χ2v) is 6.21. The predicted molar refractivity (Wildman–Crippen MR) is 87.3 cm³/mol. The molecule has 1 N–H and O–H groups in total. The van der Waals surface area contributed by atoms with E-state index in [-0.39, 0.29) is 0 Å². The Morgan fingerprint density at radius 2 is 1.90 bits per heavy atom. The summed E-state index contributed by atoms with van der Waals surface area (Å²) in [5.74, 6) is 3.80. The van der Waals surface area contributed by atoms with E-state index in [1.807, 2.05) is 6.07 Å². The lowest BCUT2D eigenvalue weighted by Gasteiger charge is -2.35. The van der Waals surface area contributed by atoms with Gasteiger partial charge in [0, 0.05) is 0 Å². The fourth-order valence-electron chi connectivity index (χ4n) is 3.51. The van der Waals surface area contributed by atoms with Crippen molar-refractivity contribution in [1.82, 2.24) is 5.32 Å². The topological polar surface area (TPSA) is 30.5 Å². The highest BCUT2D eigenvalue weighted by Crippen LogP contribution is 2.42. The maximum Gasteiger partial charge on any atom is 0.160 e. The average molecular weight is 291 g/mol. The van der Waals surface area contributed by atoms with Crippen LogP contribution in [-0.2, 0) is 0 Å². The quantitative estimate of drug-likeness (QED) is 0.864. The minimum Gasteiger partial charge on any atom is -0.493 e. The lowest BCUT2D eigenvalue weighted by atomic mass is 9.71. The first-order valence-corrected chi connectivity index (χ1v) is 8.12. The molecule has 3 heteroatoms. The Morgan fingerprint density at radius 1 is 1.14 bits per heavy atom. The van der Waals surface area contributed by atoms with Crippen LogP contribution in [0, 0.1) is 11.8 Å². The summed E-state index contributed by atoms with van der Waals surface area (Å²) in [6.07, 6.45) is 3.93. The van der Waals surface area contributed by atoms with Gasteiger partial charge in [-0.3, -0.25) is 0 Å². The van der Waals surface area contributed by atoms with Gasteiger partial charge in [0.15, 0.2) is 11.5 Å². The van der Waals surface area contributed by atoms with E-state index in [9.17, 15) is 0 Å². The molecule has 3 nitrogen and oxygen atoms in total. The smallest absolute Gasteiger partial charge is 0.160 e. The maximum absolute atomic E-state index is 5.47. The number of benzene rings is 1. The van der Waals surface area contributed by atoms with Crippen LogP contribution in [0.4, 0.5) is 0 Å². The Kier molecular flexibility index (Phi) is 5.92. The van der Waals surface area contributed by atoms with Crippen LogP contribution in [0.25, 0.3) is 0 Å². The van der Waals surface area contributed by atoms with Crippen LogP contribution in [-0.4, -0.2) is 27.3 Å². The summed E-state index contributed by atoms with van der Waals surface area (Å²) in [6, 6.07) is 6.42. The molecule has 0 aliphatic heterocycles. The molecule has 118 valence electrons. The molecule has 0 spiro atoms.